The van der Waals surface area contributed by atoms with Gasteiger partial charge in [-0.2, -0.15) is 0 Å². The first-order valence-electron chi connectivity index (χ1n) is 8.14. The van der Waals surface area contributed by atoms with Gasteiger partial charge in [0.15, 0.2) is 11.9 Å². The van der Waals surface area contributed by atoms with Gasteiger partial charge >= 0.3 is 11.9 Å². The number of anilines is 1. The van der Waals surface area contributed by atoms with E-state index in [0.29, 0.717) is 17.4 Å². The number of carbonyl (C=O) groups is 1. The van der Waals surface area contributed by atoms with E-state index in [9.17, 15) is 15.0 Å². The number of amides is 1. The van der Waals surface area contributed by atoms with Gasteiger partial charge in [-0.3, -0.25) is 4.79 Å². The number of carbonyl (C=O) groups excluding carboxylic acids is 1. The molecule has 0 aliphatic rings. The topological polar surface area (TPSA) is 77.3 Å². The molecule has 3 rings (SSSR count). The molecule has 0 fully saturated rings. The number of rotatable bonds is 4. The zero-order valence-electron chi connectivity index (χ0n) is 14.2. The van der Waals surface area contributed by atoms with E-state index in [4.69, 9.17) is 0 Å². The van der Waals surface area contributed by atoms with Crippen LogP contribution in [0.5, 0.6) is 11.9 Å². The monoisotopic (exact) mass is 339 g/mol. The molecule has 0 unspecified atom stereocenters. The van der Waals surface area contributed by atoms with Gasteiger partial charge in [0, 0.05) is 11.8 Å². The molecular formula is C19H21N3O3+2. The van der Waals surface area contributed by atoms with Gasteiger partial charge < -0.3 is 15.5 Å². The Bertz CT molecular complexity index is 954. The number of aromatic hydroxyl groups is 2. The SMILES string of the molecule is CC[n+]1c(O)c2ccccc2[n+](CC(=O)Nc2ccccc2C)c1O. The van der Waals surface area contributed by atoms with Gasteiger partial charge in [0.25, 0.3) is 5.91 Å². The summed E-state index contributed by atoms with van der Waals surface area (Å²) in [5.41, 5.74) is 2.28. The second-order valence-electron chi connectivity index (χ2n) is 5.83. The van der Waals surface area contributed by atoms with Gasteiger partial charge in [-0.1, -0.05) is 39.5 Å². The Hall–Kier alpha value is -3.15. The first-order chi connectivity index (χ1) is 12.0. The van der Waals surface area contributed by atoms with Crippen molar-refractivity contribution in [3.05, 3.63) is 54.1 Å². The molecule has 1 heterocycles. The minimum absolute atomic E-state index is 0.0221. The van der Waals surface area contributed by atoms with Crippen LogP contribution in [0.15, 0.2) is 48.5 Å². The van der Waals surface area contributed by atoms with Crippen molar-refractivity contribution in [3.63, 3.8) is 0 Å². The van der Waals surface area contributed by atoms with E-state index in [-0.39, 0.29) is 24.3 Å². The minimum Gasteiger partial charge on any atom is -0.459 e. The molecule has 128 valence electrons. The van der Waals surface area contributed by atoms with Crippen molar-refractivity contribution in [2.45, 2.75) is 26.9 Å². The minimum atomic E-state index is -0.256. The average molecular weight is 339 g/mol. The van der Waals surface area contributed by atoms with E-state index in [1.54, 1.807) is 24.3 Å². The molecule has 0 aliphatic carbocycles. The maximum absolute atomic E-state index is 12.5. The summed E-state index contributed by atoms with van der Waals surface area (Å²) in [7, 11) is 0. The Balaban J connectivity index is 2.01. The largest absolute Gasteiger partial charge is 0.632 e. The summed E-state index contributed by atoms with van der Waals surface area (Å²) in [6, 6.07) is 14.5. The van der Waals surface area contributed by atoms with E-state index in [2.05, 4.69) is 5.32 Å². The van der Waals surface area contributed by atoms with Gasteiger partial charge in [-0.25, -0.2) is 0 Å². The summed E-state index contributed by atoms with van der Waals surface area (Å²) in [4.78, 5) is 12.5. The van der Waals surface area contributed by atoms with Crippen molar-refractivity contribution in [2.75, 3.05) is 5.32 Å². The number of aryl methyl sites for hydroxylation is 1. The lowest BCUT2D eigenvalue weighted by Crippen LogP contribution is -2.50. The van der Waals surface area contributed by atoms with Gasteiger partial charge in [0.2, 0.25) is 12.1 Å². The molecule has 0 atom stereocenters. The van der Waals surface area contributed by atoms with E-state index < -0.39 is 0 Å². The number of fused-ring (bicyclic) bond motifs is 1. The molecule has 2 aromatic carbocycles. The first kappa shape index (κ1) is 16.7. The van der Waals surface area contributed by atoms with E-state index in [0.717, 1.165) is 11.3 Å². The highest BCUT2D eigenvalue weighted by atomic mass is 16.3. The third-order valence-corrected chi connectivity index (χ3v) is 4.21. The van der Waals surface area contributed by atoms with Crippen LogP contribution in [-0.4, -0.2) is 16.1 Å². The van der Waals surface area contributed by atoms with Crippen LogP contribution in [0.3, 0.4) is 0 Å². The summed E-state index contributed by atoms with van der Waals surface area (Å²) >= 11 is 0. The predicted octanol–water partition coefficient (Wildman–Crippen LogP) is 1.79. The number of para-hydroxylation sites is 2. The highest BCUT2D eigenvalue weighted by Crippen LogP contribution is 2.20. The normalized spacial score (nSPS) is 10.8. The van der Waals surface area contributed by atoms with Crippen LogP contribution in [0, 0.1) is 6.92 Å². The summed E-state index contributed by atoms with van der Waals surface area (Å²) in [5, 5.41) is 24.3. The third kappa shape index (κ3) is 3.10. The van der Waals surface area contributed by atoms with E-state index >= 15 is 0 Å². The molecule has 6 nitrogen and oxygen atoms in total. The third-order valence-electron chi connectivity index (χ3n) is 4.21. The molecule has 3 N–H and O–H groups in total. The lowest BCUT2D eigenvalue weighted by molar-refractivity contribution is -0.815. The van der Waals surface area contributed by atoms with E-state index in [1.807, 2.05) is 38.1 Å². The fourth-order valence-corrected chi connectivity index (χ4v) is 2.89. The van der Waals surface area contributed by atoms with Gasteiger partial charge in [-0.15, -0.1) is 0 Å². The summed E-state index contributed by atoms with van der Waals surface area (Å²) in [6.45, 7) is 4.04. The maximum atomic E-state index is 12.5. The van der Waals surface area contributed by atoms with Crippen molar-refractivity contribution in [2.24, 2.45) is 0 Å². The predicted molar refractivity (Wildman–Crippen MR) is 93.2 cm³/mol. The van der Waals surface area contributed by atoms with E-state index in [1.165, 1.54) is 9.13 Å². The van der Waals surface area contributed by atoms with Crippen molar-refractivity contribution >= 4 is 22.5 Å². The molecule has 0 bridgehead atoms. The van der Waals surface area contributed by atoms with Gasteiger partial charge in [0.05, 0.1) is 0 Å². The lowest BCUT2D eigenvalue weighted by Gasteiger charge is -2.07. The quantitative estimate of drug-likeness (QED) is 0.634. The number of hydrogen-bond acceptors (Lipinski definition) is 3. The molecule has 25 heavy (non-hydrogen) atoms. The Morgan fingerprint density at radius 1 is 1.04 bits per heavy atom. The molecule has 3 aromatic rings. The van der Waals surface area contributed by atoms with Gasteiger partial charge in [-0.05, 0) is 31.5 Å². The van der Waals surface area contributed by atoms with Crippen molar-refractivity contribution in [1.82, 2.24) is 0 Å². The zero-order valence-corrected chi connectivity index (χ0v) is 14.2. The summed E-state index contributed by atoms with van der Waals surface area (Å²) in [5.74, 6) is -0.278. The number of benzene rings is 2. The Morgan fingerprint density at radius 3 is 2.44 bits per heavy atom. The maximum Gasteiger partial charge on any atom is 0.632 e. The van der Waals surface area contributed by atoms with Crippen molar-refractivity contribution in [3.8, 4) is 11.9 Å². The standard InChI is InChI=1S/C19H19N3O3/c1-3-21-18(24)14-9-5-7-11-16(14)22(19(21)25)12-17(23)20-15-10-6-4-8-13(15)2/h4-11H,3,12H2,1-2H3,(H,20,23)/p+2. The fourth-order valence-electron chi connectivity index (χ4n) is 2.89. The molecule has 0 spiro atoms. The van der Waals surface area contributed by atoms with Crippen LogP contribution in [-0.2, 0) is 17.9 Å². The van der Waals surface area contributed by atoms with Crippen LogP contribution in [0.1, 0.15) is 12.5 Å². The average Bonchev–Trinajstić information content (AvgIpc) is 2.61. The van der Waals surface area contributed by atoms with Crippen molar-refractivity contribution in [1.29, 1.82) is 0 Å². The smallest absolute Gasteiger partial charge is 0.459 e. The van der Waals surface area contributed by atoms with Crippen LogP contribution in [0.2, 0.25) is 0 Å². The molecule has 0 radical (unpaired) electrons. The molecule has 6 heteroatoms. The first-order valence-corrected chi connectivity index (χ1v) is 8.14. The Labute approximate surface area is 145 Å². The molecule has 0 aliphatic heterocycles. The highest BCUT2D eigenvalue weighted by molar-refractivity contribution is 5.91. The van der Waals surface area contributed by atoms with Crippen LogP contribution >= 0.6 is 0 Å². The molecule has 1 amide bonds. The fraction of sp³-hybridized carbons (Fsp3) is 0.211. The van der Waals surface area contributed by atoms with Crippen LogP contribution in [0.25, 0.3) is 10.9 Å². The zero-order chi connectivity index (χ0) is 18.0. The molecule has 0 saturated carbocycles. The van der Waals surface area contributed by atoms with Crippen LogP contribution in [0.4, 0.5) is 5.69 Å². The van der Waals surface area contributed by atoms with Crippen LogP contribution < -0.4 is 14.5 Å². The molecule has 1 aromatic heterocycles. The second-order valence-corrected chi connectivity index (χ2v) is 5.83. The molecule has 0 saturated heterocycles. The number of nitrogens with zero attached hydrogens (tertiary/aromatic N) is 2. The number of hydrogen-bond donors (Lipinski definition) is 3. The second kappa shape index (κ2) is 6.76. The lowest BCUT2D eigenvalue weighted by atomic mass is 10.2. The number of aromatic nitrogens is 2. The summed E-state index contributed by atoms with van der Waals surface area (Å²) in [6.07, 6.45) is 0. The Morgan fingerprint density at radius 2 is 1.72 bits per heavy atom. The van der Waals surface area contributed by atoms with Crippen molar-refractivity contribution < 1.29 is 24.1 Å². The molecular weight excluding hydrogens is 318 g/mol. The highest BCUT2D eigenvalue weighted by Gasteiger charge is 2.33. The summed E-state index contributed by atoms with van der Waals surface area (Å²) < 4.78 is 2.86. The van der Waals surface area contributed by atoms with Gasteiger partial charge in [0.1, 0.15) is 0 Å². The number of nitrogens with one attached hydrogen (secondary N) is 1. The Kier molecular flexibility index (Phi) is 4.52.